The highest BCUT2D eigenvalue weighted by Gasteiger charge is 2.20. The van der Waals surface area contributed by atoms with Gasteiger partial charge < -0.3 is 0 Å². The van der Waals surface area contributed by atoms with E-state index in [4.69, 9.17) is 0 Å². The molecule has 3 aromatic rings. The van der Waals surface area contributed by atoms with Crippen molar-refractivity contribution in [1.82, 2.24) is 4.98 Å². The first-order chi connectivity index (χ1) is 7.95. The lowest BCUT2D eigenvalue weighted by Gasteiger charge is -1.99. The zero-order chi connectivity index (χ0) is 10.5. The zero-order valence-electron chi connectivity index (χ0n) is 8.64. The monoisotopic (exact) mass is 203 g/mol. The van der Waals surface area contributed by atoms with Crippen LogP contribution in [0.2, 0.25) is 0 Å². The van der Waals surface area contributed by atoms with Crippen molar-refractivity contribution in [2.24, 2.45) is 0 Å². The summed E-state index contributed by atoms with van der Waals surface area (Å²) in [7, 11) is 0. The lowest BCUT2D eigenvalue weighted by molar-refractivity contribution is 1.35. The molecule has 0 fully saturated rings. The van der Waals surface area contributed by atoms with Gasteiger partial charge in [0.15, 0.2) is 0 Å². The van der Waals surface area contributed by atoms with Crippen molar-refractivity contribution < 1.29 is 0 Å². The molecule has 1 aliphatic rings. The third-order valence-electron chi connectivity index (χ3n) is 3.26. The molecule has 1 heterocycles. The number of rotatable bonds is 0. The Morgan fingerprint density at radius 1 is 0.688 bits per heavy atom. The molecule has 1 heteroatoms. The maximum atomic E-state index is 4.50. The van der Waals surface area contributed by atoms with Crippen molar-refractivity contribution >= 4 is 10.8 Å². The Balaban J connectivity index is 2.31. The van der Waals surface area contributed by atoms with Crippen LogP contribution in [0.15, 0.2) is 54.7 Å². The summed E-state index contributed by atoms with van der Waals surface area (Å²) in [5.41, 5.74) is 4.96. The molecular formula is C15H9N. The summed E-state index contributed by atoms with van der Waals surface area (Å²) in [5.74, 6) is 0. The molecular weight excluding hydrogens is 194 g/mol. The molecule has 0 atom stereocenters. The minimum Gasteiger partial charge on any atom is -0.256 e. The molecule has 0 amide bonds. The molecule has 2 aromatic carbocycles. The van der Waals surface area contributed by atoms with E-state index in [9.17, 15) is 0 Å². The first kappa shape index (κ1) is 8.05. The summed E-state index contributed by atoms with van der Waals surface area (Å²) >= 11 is 0. The molecule has 0 radical (unpaired) electrons. The lowest BCUT2D eigenvalue weighted by atomic mass is 10.0. The third kappa shape index (κ3) is 0.836. The predicted molar refractivity (Wildman–Crippen MR) is 66.2 cm³/mol. The van der Waals surface area contributed by atoms with Crippen LogP contribution >= 0.6 is 0 Å². The van der Waals surface area contributed by atoms with Gasteiger partial charge in [-0.25, -0.2) is 0 Å². The van der Waals surface area contributed by atoms with Crippen LogP contribution < -0.4 is 0 Å². The minimum atomic E-state index is 1.12. The Hall–Kier alpha value is -2.15. The van der Waals surface area contributed by atoms with Gasteiger partial charge in [-0.05, 0) is 22.4 Å². The first-order valence-corrected chi connectivity index (χ1v) is 5.43. The second kappa shape index (κ2) is 2.70. The Morgan fingerprint density at radius 2 is 1.44 bits per heavy atom. The summed E-state index contributed by atoms with van der Waals surface area (Å²) in [6.07, 6.45) is 1.86. The number of hydrogen-bond donors (Lipinski definition) is 0. The standard InChI is InChI=1S/C15H9N/c1-4-10-5-2-7-13-14(10)11(6-1)12-8-3-9-16-15(12)13/h1-9H. The lowest BCUT2D eigenvalue weighted by Crippen LogP contribution is -1.79. The molecule has 1 aromatic heterocycles. The Morgan fingerprint density at radius 3 is 2.31 bits per heavy atom. The molecule has 0 unspecified atom stereocenters. The number of aromatic nitrogens is 1. The van der Waals surface area contributed by atoms with Crippen molar-refractivity contribution in [2.75, 3.05) is 0 Å². The van der Waals surface area contributed by atoms with Crippen LogP contribution in [0.3, 0.4) is 0 Å². The van der Waals surface area contributed by atoms with E-state index in [0.29, 0.717) is 0 Å². The molecule has 0 N–H and O–H groups in total. The van der Waals surface area contributed by atoms with E-state index in [0.717, 1.165) is 5.69 Å². The van der Waals surface area contributed by atoms with E-state index in [1.54, 1.807) is 0 Å². The van der Waals surface area contributed by atoms with Gasteiger partial charge in [-0.1, -0.05) is 42.5 Å². The average molecular weight is 203 g/mol. The van der Waals surface area contributed by atoms with Crippen molar-refractivity contribution in [3.05, 3.63) is 54.7 Å². The number of fused-ring (bicyclic) bond motifs is 3. The highest BCUT2D eigenvalue weighted by atomic mass is 14.7. The Labute approximate surface area is 93.4 Å². The van der Waals surface area contributed by atoms with Gasteiger partial charge >= 0.3 is 0 Å². The van der Waals surface area contributed by atoms with E-state index in [2.05, 4.69) is 47.4 Å². The van der Waals surface area contributed by atoms with E-state index in [1.807, 2.05) is 12.3 Å². The average Bonchev–Trinajstić information content (AvgIpc) is 2.68. The van der Waals surface area contributed by atoms with Crippen LogP contribution in [0.4, 0.5) is 0 Å². The number of pyridine rings is 1. The SMILES string of the molecule is c1cnc2c(c1)-c1cccc3cccc-2c13. The first-order valence-electron chi connectivity index (χ1n) is 5.43. The number of benzene rings is 2. The van der Waals surface area contributed by atoms with Gasteiger partial charge in [0.1, 0.15) is 0 Å². The molecule has 0 saturated heterocycles. The molecule has 16 heavy (non-hydrogen) atoms. The molecule has 74 valence electrons. The van der Waals surface area contributed by atoms with E-state index < -0.39 is 0 Å². The maximum absolute atomic E-state index is 4.50. The Bertz CT molecular complexity index is 656. The zero-order valence-corrected chi connectivity index (χ0v) is 8.64. The van der Waals surface area contributed by atoms with Crippen LogP contribution in [0.25, 0.3) is 33.2 Å². The summed E-state index contributed by atoms with van der Waals surface area (Å²) < 4.78 is 0. The second-order valence-corrected chi connectivity index (χ2v) is 4.11. The minimum absolute atomic E-state index is 1.12. The normalized spacial score (nSPS) is 11.8. The predicted octanol–water partition coefficient (Wildman–Crippen LogP) is 3.88. The maximum Gasteiger partial charge on any atom is 0.0786 e. The van der Waals surface area contributed by atoms with Crippen LogP contribution in [-0.4, -0.2) is 4.98 Å². The largest absolute Gasteiger partial charge is 0.256 e. The molecule has 0 bridgehead atoms. The van der Waals surface area contributed by atoms with Crippen LogP contribution in [0.5, 0.6) is 0 Å². The highest BCUT2D eigenvalue weighted by Crippen LogP contribution is 2.45. The summed E-state index contributed by atoms with van der Waals surface area (Å²) in [6, 6.07) is 17.0. The van der Waals surface area contributed by atoms with Gasteiger partial charge in [-0.2, -0.15) is 0 Å². The number of nitrogens with zero attached hydrogens (tertiary/aromatic N) is 1. The Kier molecular flexibility index (Phi) is 1.36. The van der Waals surface area contributed by atoms with Crippen molar-refractivity contribution in [3.63, 3.8) is 0 Å². The molecule has 0 aliphatic heterocycles. The summed E-state index contributed by atoms with van der Waals surface area (Å²) in [6.45, 7) is 0. The van der Waals surface area contributed by atoms with Crippen molar-refractivity contribution in [2.45, 2.75) is 0 Å². The van der Waals surface area contributed by atoms with Crippen LogP contribution in [-0.2, 0) is 0 Å². The molecule has 1 nitrogen and oxygen atoms in total. The topological polar surface area (TPSA) is 12.9 Å². The van der Waals surface area contributed by atoms with E-state index in [1.165, 1.54) is 27.5 Å². The van der Waals surface area contributed by atoms with Gasteiger partial charge in [0.05, 0.1) is 5.69 Å². The van der Waals surface area contributed by atoms with Gasteiger partial charge in [0.2, 0.25) is 0 Å². The highest BCUT2D eigenvalue weighted by molar-refractivity contribution is 6.14. The molecule has 1 aliphatic carbocycles. The molecule has 0 saturated carbocycles. The quantitative estimate of drug-likeness (QED) is 0.422. The van der Waals surface area contributed by atoms with E-state index in [-0.39, 0.29) is 0 Å². The number of hydrogen-bond acceptors (Lipinski definition) is 1. The van der Waals surface area contributed by atoms with Gasteiger partial charge in [0, 0.05) is 17.3 Å². The second-order valence-electron chi connectivity index (χ2n) is 4.11. The smallest absolute Gasteiger partial charge is 0.0786 e. The van der Waals surface area contributed by atoms with Crippen molar-refractivity contribution in [3.8, 4) is 22.4 Å². The fourth-order valence-electron chi connectivity index (χ4n) is 2.60. The van der Waals surface area contributed by atoms with Crippen molar-refractivity contribution in [1.29, 1.82) is 0 Å². The van der Waals surface area contributed by atoms with Crippen LogP contribution in [0.1, 0.15) is 0 Å². The molecule has 0 spiro atoms. The summed E-state index contributed by atoms with van der Waals surface area (Å²) in [4.78, 5) is 4.50. The molecule has 4 rings (SSSR count). The summed E-state index contributed by atoms with van der Waals surface area (Å²) in [5, 5.41) is 2.65. The van der Waals surface area contributed by atoms with Gasteiger partial charge in [0.25, 0.3) is 0 Å². The fourth-order valence-corrected chi connectivity index (χ4v) is 2.60. The van der Waals surface area contributed by atoms with Crippen LogP contribution in [0, 0.1) is 0 Å². The fraction of sp³-hybridized carbons (Fsp3) is 0. The van der Waals surface area contributed by atoms with Gasteiger partial charge in [-0.15, -0.1) is 0 Å². The third-order valence-corrected chi connectivity index (χ3v) is 3.26. The van der Waals surface area contributed by atoms with Gasteiger partial charge in [-0.3, -0.25) is 4.98 Å². The van der Waals surface area contributed by atoms with E-state index >= 15 is 0 Å².